The molecule has 0 aliphatic carbocycles. The molecule has 0 saturated carbocycles. The van der Waals surface area contributed by atoms with Gasteiger partial charge in [-0.3, -0.25) is 0 Å². The van der Waals surface area contributed by atoms with Gasteiger partial charge >= 0.3 is 0 Å². The van der Waals surface area contributed by atoms with Crippen LogP contribution in [0.2, 0.25) is 0 Å². The van der Waals surface area contributed by atoms with E-state index in [1.54, 1.807) is 0 Å². The number of ether oxygens (including phenoxy) is 1. The molecule has 0 saturated heterocycles. The van der Waals surface area contributed by atoms with E-state index in [1.807, 2.05) is 0 Å². The van der Waals surface area contributed by atoms with Gasteiger partial charge in [0.25, 0.3) is 0 Å². The summed E-state index contributed by atoms with van der Waals surface area (Å²) in [6.45, 7) is 15.5. The van der Waals surface area contributed by atoms with E-state index in [2.05, 4.69) is 63.8 Å². The van der Waals surface area contributed by atoms with Crippen molar-refractivity contribution in [2.24, 2.45) is 0 Å². The summed E-state index contributed by atoms with van der Waals surface area (Å²) >= 11 is 0. The largest absolute Gasteiger partial charge is 0.493 e. The monoisotopic (exact) mass is 291 g/mol. The Labute approximate surface area is 131 Å². The summed E-state index contributed by atoms with van der Waals surface area (Å²) in [5, 5.41) is 0. The highest BCUT2D eigenvalue weighted by molar-refractivity contribution is 5.38. The van der Waals surface area contributed by atoms with Crippen LogP contribution >= 0.6 is 0 Å². The summed E-state index contributed by atoms with van der Waals surface area (Å²) in [5.74, 6) is 1.05. The zero-order chi connectivity index (χ0) is 15.7. The van der Waals surface area contributed by atoms with E-state index in [0.717, 1.165) is 31.9 Å². The second kappa shape index (κ2) is 9.09. The number of hydrogen-bond donors (Lipinski definition) is 0. The molecule has 2 heteroatoms. The van der Waals surface area contributed by atoms with Crippen molar-refractivity contribution in [1.82, 2.24) is 4.90 Å². The molecule has 1 aromatic carbocycles. The van der Waals surface area contributed by atoms with Gasteiger partial charge in [0, 0.05) is 0 Å². The molecular formula is C19H33NO. The van der Waals surface area contributed by atoms with Gasteiger partial charge in [0.05, 0.1) is 6.61 Å². The Morgan fingerprint density at radius 2 is 1.62 bits per heavy atom. The highest BCUT2D eigenvalue weighted by Gasteiger charge is 2.18. The maximum atomic E-state index is 6.01. The zero-order valence-corrected chi connectivity index (χ0v) is 14.6. The van der Waals surface area contributed by atoms with Crippen molar-refractivity contribution in [3.8, 4) is 5.75 Å². The molecule has 0 unspecified atom stereocenters. The molecule has 0 amide bonds. The van der Waals surface area contributed by atoms with Crippen molar-refractivity contribution in [3.63, 3.8) is 0 Å². The van der Waals surface area contributed by atoms with Crippen LogP contribution in [-0.2, 0) is 5.41 Å². The van der Waals surface area contributed by atoms with Gasteiger partial charge in [0.15, 0.2) is 0 Å². The van der Waals surface area contributed by atoms with Crippen molar-refractivity contribution in [2.75, 3.05) is 26.2 Å². The van der Waals surface area contributed by atoms with Crippen LogP contribution in [0.1, 0.15) is 59.4 Å². The van der Waals surface area contributed by atoms with Crippen LogP contribution in [0.15, 0.2) is 24.3 Å². The predicted molar refractivity (Wildman–Crippen MR) is 92.3 cm³/mol. The Kier molecular flexibility index (Phi) is 7.81. The fourth-order valence-electron chi connectivity index (χ4n) is 2.55. The molecule has 0 spiro atoms. The van der Waals surface area contributed by atoms with Crippen LogP contribution in [-0.4, -0.2) is 31.1 Å². The molecule has 0 heterocycles. The molecule has 0 bridgehead atoms. The highest BCUT2D eigenvalue weighted by atomic mass is 16.5. The first-order valence-electron chi connectivity index (χ1n) is 8.43. The van der Waals surface area contributed by atoms with Crippen LogP contribution in [0, 0.1) is 0 Å². The van der Waals surface area contributed by atoms with Gasteiger partial charge in [-0.25, -0.2) is 0 Å². The Hall–Kier alpha value is -1.02. The smallest absolute Gasteiger partial charge is 0.123 e. The van der Waals surface area contributed by atoms with E-state index >= 15 is 0 Å². The number of rotatable bonds is 9. The van der Waals surface area contributed by atoms with E-state index in [9.17, 15) is 0 Å². The molecule has 1 aromatic rings. The summed E-state index contributed by atoms with van der Waals surface area (Å²) in [6.07, 6.45) is 3.65. The standard InChI is InChI=1S/C19H33NO/c1-6-20(7-2)15-11-8-12-16-21-18-14-10-9-13-17(18)19(3,4)5/h9-10,13-14H,6-8,11-12,15-16H2,1-5H3. The van der Waals surface area contributed by atoms with E-state index in [1.165, 1.54) is 24.9 Å². The Morgan fingerprint density at radius 1 is 0.952 bits per heavy atom. The average Bonchev–Trinajstić information content (AvgIpc) is 2.46. The summed E-state index contributed by atoms with van der Waals surface area (Å²) in [4.78, 5) is 2.48. The molecule has 1 rings (SSSR count). The minimum atomic E-state index is 0.138. The second-order valence-electron chi connectivity index (χ2n) is 6.68. The Morgan fingerprint density at radius 3 is 2.24 bits per heavy atom. The van der Waals surface area contributed by atoms with E-state index in [4.69, 9.17) is 4.74 Å². The molecule has 0 atom stereocenters. The lowest BCUT2D eigenvalue weighted by Gasteiger charge is -2.22. The minimum Gasteiger partial charge on any atom is -0.493 e. The van der Waals surface area contributed by atoms with Crippen LogP contribution in [0.3, 0.4) is 0 Å². The quantitative estimate of drug-likeness (QED) is 0.602. The summed E-state index contributed by atoms with van der Waals surface area (Å²) in [5.41, 5.74) is 1.44. The first-order valence-corrected chi connectivity index (χ1v) is 8.43. The first-order chi connectivity index (χ1) is 9.99. The number of para-hydroxylation sites is 1. The van der Waals surface area contributed by atoms with Gasteiger partial charge in [0.1, 0.15) is 5.75 Å². The maximum Gasteiger partial charge on any atom is 0.123 e. The lowest BCUT2D eigenvalue weighted by Crippen LogP contribution is -2.23. The van der Waals surface area contributed by atoms with Gasteiger partial charge in [0.2, 0.25) is 0 Å². The summed E-state index contributed by atoms with van der Waals surface area (Å²) < 4.78 is 6.01. The molecule has 2 nitrogen and oxygen atoms in total. The molecule has 0 aliphatic heterocycles. The molecule has 21 heavy (non-hydrogen) atoms. The normalized spacial score (nSPS) is 11.9. The van der Waals surface area contributed by atoms with Gasteiger partial charge in [-0.1, -0.05) is 52.8 Å². The topological polar surface area (TPSA) is 12.5 Å². The van der Waals surface area contributed by atoms with Crippen molar-refractivity contribution in [3.05, 3.63) is 29.8 Å². The van der Waals surface area contributed by atoms with Crippen molar-refractivity contribution in [1.29, 1.82) is 0 Å². The number of hydrogen-bond acceptors (Lipinski definition) is 2. The van der Waals surface area contributed by atoms with Crippen molar-refractivity contribution >= 4 is 0 Å². The highest BCUT2D eigenvalue weighted by Crippen LogP contribution is 2.30. The second-order valence-corrected chi connectivity index (χ2v) is 6.68. The summed E-state index contributed by atoms with van der Waals surface area (Å²) in [6, 6.07) is 8.43. The number of benzene rings is 1. The van der Waals surface area contributed by atoms with Crippen LogP contribution < -0.4 is 4.74 Å². The van der Waals surface area contributed by atoms with Crippen LogP contribution in [0.5, 0.6) is 5.75 Å². The maximum absolute atomic E-state index is 6.01. The van der Waals surface area contributed by atoms with E-state index in [0.29, 0.717) is 0 Å². The van der Waals surface area contributed by atoms with Crippen LogP contribution in [0.25, 0.3) is 0 Å². The predicted octanol–water partition coefficient (Wildman–Crippen LogP) is 4.88. The van der Waals surface area contributed by atoms with Crippen molar-refractivity contribution in [2.45, 2.75) is 59.3 Å². The van der Waals surface area contributed by atoms with Crippen molar-refractivity contribution < 1.29 is 4.74 Å². The van der Waals surface area contributed by atoms with E-state index < -0.39 is 0 Å². The summed E-state index contributed by atoms with van der Waals surface area (Å²) in [7, 11) is 0. The third kappa shape index (κ3) is 6.52. The fourth-order valence-corrected chi connectivity index (χ4v) is 2.55. The number of unbranched alkanes of at least 4 members (excludes halogenated alkanes) is 2. The molecule has 0 fully saturated rings. The molecule has 0 N–H and O–H groups in total. The zero-order valence-electron chi connectivity index (χ0n) is 14.6. The minimum absolute atomic E-state index is 0.138. The van der Waals surface area contributed by atoms with Crippen LogP contribution in [0.4, 0.5) is 0 Å². The third-order valence-electron chi connectivity index (χ3n) is 3.97. The molecular weight excluding hydrogens is 258 g/mol. The van der Waals surface area contributed by atoms with Gasteiger partial charge < -0.3 is 9.64 Å². The first kappa shape index (κ1) is 18.0. The molecule has 0 aromatic heterocycles. The van der Waals surface area contributed by atoms with Gasteiger partial charge in [-0.05, 0) is 55.9 Å². The fraction of sp³-hybridized carbons (Fsp3) is 0.684. The Balaban J connectivity index is 2.31. The lowest BCUT2D eigenvalue weighted by atomic mass is 9.86. The van der Waals surface area contributed by atoms with E-state index in [-0.39, 0.29) is 5.41 Å². The third-order valence-corrected chi connectivity index (χ3v) is 3.97. The lowest BCUT2D eigenvalue weighted by molar-refractivity contribution is 0.274. The van der Waals surface area contributed by atoms with Gasteiger partial charge in [-0.15, -0.1) is 0 Å². The Bertz CT molecular complexity index is 391. The molecule has 120 valence electrons. The number of nitrogens with zero attached hydrogens (tertiary/aromatic N) is 1. The van der Waals surface area contributed by atoms with Gasteiger partial charge in [-0.2, -0.15) is 0 Å². The SMILES string of the molecule is CCN(CC)CCCCCOc1ccccc1C(C)(C)C. The molecule has 0 aliphatic rings. The average molecular weight is 291 g/mol. The molecule has 0 radical (unpaired) electrons.